The van der Waals surface area contributed by atoms with Crippen molar-refractivity contribution in [2.24, 2.45) is 0 Å². The Hall–Kier alpha value is -3.22. The number of aromatic nitrogens is 1. The Morgan fingerprint density at radius 3 is 2.45 bits per heavy atom. The minimum absolute atomic E-state index is 0.0303. The second-order valence-electron chi connectivity index (χ2n) is 9.75. The molecule has 1 unspecified atom stereocenters. The van der Waals surface area contributed by atoms with Crippen molar-refractivity contribution in [3.8, 4) is 5.75 Å². The van der Waals surface area contributed by atoms with Gasteiger partial charge in [-0.05, 0) is 42.8 Å². The molecule has 2 aromatic carbocycles. The molecular weight excluding hydrogens is 579 g/mol. The third-order valence-corrected chi connectivity index (χ3v) is 9.27. The highest BCUT2D eigenvalue weighted by Gasteiger charge is 2.64. The number of likely N-dealkylation sites (tertiary alicyclic amines) is 1. The number of anilines is 1. The van der Waals surface area contributed by atoms with Gasteiger partial charge in [0.25, 0.3) is 15.9 Å². The van der Waals surface area contributed by atoms with Crippen LogP contribution in [0.3, 0.4) is 0 Å². The third kappa shape index (κ3) is 4.24. The van der Waals surface area contributed by atoms with E-state index in [2.05, 4.69) is 4.98 Å². The van der Waals surface area contributed by atoms with Crippen LogP contribution >= 0.6 is 23.2 Å². The number of carbonyl (C=O) groups is 2. The molecule has 3 aromatic rings. The molecular formula is C27H26Cl2N4O6S. The lowest BCUT2D eigenvalue weighted by atomic mass is 9.80. The van der Waals surface area contributed by atoms with E-state index in [9.17, 15) is 23.1 Å². The third-order valence-electron chi connectivity index (χ3n) is 7.20. The Balaban J connectivity index is 1.86. The van der Waals surface area contributed by atoms with Crippen molar-refractivity contribution in [3.05, 3.63) is 82.0 Å². The summed E-state index contributed by atoms with van der Waals surface area (Å²) in [6, 6.07) is 12.7. The highest BCUT2D eigenvalue weighted by Crippen LogP contribution is 2.54. The number of β-amino-alcohol motifs (C(OH)–C–C–N with tert-alkyl or cyclic N) is 1. The normalized spacial score (nSPS) is 22.9. The van der Waals surface area contributed by atoms with Crippen LogP contribution in [0, 0.1) is 0 Å². The van der Waals surface area contributed by atoms with Gasteiger partial charge in [0.05, 0.1) is 30.0 Å². The van der Waals surface area contributed by atoms with Gasteiger partial charge in [0.2, 0.25) is 5.91 Å². The largest absolute Gasteiger partial charge is 0.496 e. The maximum atomic E-state index is 14.9. The van der Waals surface area contributed by atoms with Crippen LogP contribution in [0.1, 0.15) is 17.5 Å². The number of aliphatic hydroxyl groups is 1. The number of halogens is 2. The number of ether oxygens (including phenoxy) is 1. The SMILES string of the molecule is COc1ccccc1C1(N2C[C@H](O)C[C@H]2C(=O)N(C)C)C(=O)N(S(=O)(=O)c2ccc(Cl)cn2)c2ccc(Cl)cc21. The molecule has 210 valence electrons. The topological polar surface area (TPSA) is 120 Å². The molecule has 1 fully saturated rings. The summed E-state index contributed by atoms with van der Waals surface area (Å²) in [5.41, 5.74) is -1.37. The number of aliphatic hydroxyl groups excluding tert-OH is 1. The first-order valence-corrected chi connectivity index (χ1v) is 14.4. The number of hydrogen-bond acceptors (Lipinski definition) is 8. The van der Waals surface area contributed by atoms with E-state index in [0.717, 1.165) is 0 Å². The number of para-hydroxylation sites is 1. The van der Waals surface area contributed by atoms with E-state index in [4.69, 9.17) is 27.9 Å². The van der Waals surface area contributed by atoms with Crippen LogP contribution in [0.5, 0.6) is 5.75 Å². The second-order valence-corrected chi connectivity index (χ2v) is 12.4. The van der Waals surface area contributed by atoms with Crippen molar-refractivity contribution in [1.82, 2.24) is 14.8 Å². The van der Waals surface area contributed by atoms with Gasteiger partial charge in [0, 0.05) is 43.0 Å². The number of fused-ring (bicyclic) bond motifs is 1. The number of methoxy groups -OCH3 is 1. The van der Waals surface area contributed by atoms with Crippen LogP contribution in [-0.4, -0.2) is 80.0 Å². The maximum absolute atomic E-state index is 14.9. The first kappa shape index (κ1) is 28.3. The summed E-state index contributed by atoms with van der Waals surface area (Å²) in [6.45, 7) is -0.104. The molecule has 3 heterocycles. The fourth-order valence-electron chi connectivity index (χ4n) is 5.55. The molecule has 0 aliphatic carbocycles. The minimum Gasteiger partial charge on any atom is -0.496 e. The minimum atomic E-state index is -4.58. The van der Waals surface area contributed by atoms with Crippen LogP contribution in [0.15, 0.2) is 65.8 Å². The Bertz CT molecular complexity index is 1600. The van der Waals surface area contributed by atoms with Crippen molar-refractivity contribution in [3.63, 3.8) is 0 Å². The van der Waals surface area contributed by atoms with Crippen molar-refractivity contribution >= 4 is 50.7 Å². The summed E-state index contributed by atoms with van der Waals surface area (Å²) in [5, 5.41) is 10.9. The molecule has 2 aliphatic rings. The summed E-state index contributed by atoms with van der Waals surface area (Å²) in [7, 11) is -0.00290. The van der Waals surface area contributed by atoms with Gasteiger partial charge < -0.3 is 14.7 Å². The van der Waals surface area contributed by atoms with Gasteiger partial charge in [-0.25, -0.2) is 4.98 Å². The Morgan fingerprint density at radius 2 is 1.80 bits per heavy atom. The lowest BCUT2D eigenvalue weighted by Crippen LogP contribution is -2.59. The summed E-state index contributed by atoms with van der Waals surface area (Å²) in [6.07, 6.45) is 0.232. The van der Waals surface area contributed by atoms with Crippen molar-refractivity contribution in [1.29, 1.82) is 0 Å². The highest BCUT2D eigenvalue weighted by atomic mass is 35.5. The van der Waals surface area contributed by atoms with Crippen LogP contribution in [0.4, 0.5) is 5.69 Å². The van der Waals surface area contributed by atoms with Crippen molar-refractivity contribution in [2.75, 3.05) is 32.1 Å². The van der Waals surface area contributed by atoms with Crippen molar-refractivity contribution in [2.45, 2.75) is 29.1 Å². The second kappa shape index (κ2) is 10.3. The predicted octanol–water partition coefficient (Wildman–Crippen LogP) is 2.90. The molecule has 1 N–H and O–H groups in total. The number of amides is 2. The lowest BCUT2D eigenvalue weighted by molar-refractivity contribution is -0.138. The fourth-order valence-corrected chi connectivity index (χ4v) is 7.21. The van der Waals surface area contributed by atoms with Gasteiger partial charge in [-0.1, -0.05) is 41.4 Å². The van der Waals surface area contributed by atoms with Crippen LogP contribution in [0.25, 0.3) is 0 Å². The summed E-state index contributed by atoms with van der Waals surface area (Å²) >= 11 is 12.4. The molecule has 0 saturated carbocycles. The zero-order valence-corrected chi connectivity index (χ0v) is 24.1. The van der Waals surface area contributed by atoms with Crippen LogP contribution in [0.2, 0.25) is 10.0 Å². The molecule has 1 aromatic heterocycles. The number of sulfonamides is 1. The molecule has 40 heavy (non-hydrogen) atoms. The maximum Gasteiger partial charge on any atom is 0.288 e. The molecule has 3 atom stereocenters. The molecule has 0 radical (unpaired) electrons. The van der Waals surface area contributed by atoms with Crippen molar-refractivity contribution < 1.29 is 27.9 Å². The van der Waals surface area contributed by atoms with Gasteiger partial charge in [0.15, 0.2) is 10.6 Å². The highest BCUT2D eigenvalue weighted by molar-refractivity contribution is 7.93. The number of hydrogen-bond donors (Lipinski definition) is 1. The number of nitrogens with zero attached hydrogens (tertiary/aromatic N) is 4. The predicted molar refractivity (Wildman–Crippen MR) is 149 cm³/mol. The number of pyridine rings is 1. The molecule has 0 spiro atoms. The smallest absolute Gasteiger partial charge is 0.288 e. The van der Waals surface area contributed by atoms with Crippen LogP contribution < -0.4 is 9.04 Å². The molecule has 13 heteroatoms. The van der Waals surface area contributed by atoms with E-state index in [1.807, 2.05) is 0 Å². The summed E-state index contributed by atoms with van der Waals surface area (Å²) < 4.78 is 34.5. The standard InChI is InChI=1S/C27H26Cl2N4O6S/c1-31(2)25(35)22-13-18(34)15-32(22)27(19-6-4-5-7-23(19)39-3)20-12-16(28)8-10-21(20)33(26(27)36)40(37,38)24-11-9-17(29)14-30-24/h4-12,14,18,22,34H,13,15H2,1-3H3/t18-,22+,27?/m1/s1. The first-order chi connectivity index (χ1) is 18.9. The number of carbonyl (C=O) groups excluding carboxylic acids is 2. The van der Waals surface area contributed by atoms with Gasteiger partial charge in [-0.2, -0.15) is 12.7 Å². The molecule has 5 rings (SSSR count). The molecule has 10 nitrogen and oxygen atoms in total. The fraction of sp³-hybridized carbons (Fsp3) is 0.296. The van der Waals surface area contributed by atoms with E-state index < -0.39 is 38.6 Å². The van der Waals surface area contributed by atoms with E-state index >= 15 is 0 Å². The Kier molecular flexibility index (Phi) is 7.30. The van der Waals surface area contributed by atoms with E-state index in [1.54, 1.807) is 43.3 Å². The molecule has 0 bridgehead atoms. The first-order valence-electron chi connectivity index (χ1n) is 12.3. The molecule has 2 amide bonds. The molecule has 1 saturated heterocycles. The van der Waals surface area contributed by atoms with Crippen LogP contribution in [-0.2, 0) is 25.2 Å². The quantitative estimate of drug-likeness (QED) is 0.456. The Labute approximate surface area is 241 Å². The monoisotopic (exact) mass is 604 g/mol. The van der Waals surface area contributed by atoms with E-state index in [-0.39, 0.29) is 45.9 Å². The van der Waals surface area contributed by atoms with E-state index in [0.29, 0.717) is 9.87 Å². The number of benzene rings is 2. The zero-order chi connectivity index (χ0) is 29.0. The van der Waals surface area contributed by atoms with E-state index in [1.165, 1.54) is 48.5 Å². The average Bonchev–Trinajstić information content (AvgIpc) is 3.43. The average molecular weight is 606 g/mol. The van der Waals surface area contributed by atoms with Gasteiger partial charge >= 0.3 is 0 Å². The van der Waals surface area contributed by atoms with Gasteiger partial charge in [-0.15, -0.1) is 0 Å². The van der Waals surface area contributed by atoms with Gasteiger partial charge in [-0.3, -0.25) is 14.5 Å². The molecule has 2 aliphatic heterocycles. The number of likely N-dealkylation sites (N-methyl/N-ethyl adjacent to an activating group) is 1. The Morgan fingerprint density at radius 1 is 1.10 bits per heavy atom. The number of rotatable bonds is 6. The summed E-state index contributed by atoms with van der Waals surface area (Å²) in [4.78, 5) is 35.3. The van der Waals surface area contributed by atoms with Gasteiger partial charge in [0.1, 0.15) is 5.75 Å². The summed E-state index contributed by atoms with van der Waals surface area (Å²) in [5.74, 6) is -0.970. The lowest BCUT2D eigenvalue weighted by Gasteiger charge is -2.42. The zero-order valence-electron chi connectivity index (χ0n) is 21.8.